The molecule has 0 saturated carbocycles. The number of rotatable bonds is 3. The summed E-state index contributed by atoms with van der Waals surface area (Å²) in [5, 5.41) is 14.9. The third kappa shape index (κ3) is 2.06. The van der Waals surface area contributed by atoms with Gasteiger partial charge in [-0.05, 0) is 11.4 Å². The lowest BCUT2D eigenvalue weighted by Crippen LogP contribution is -2.32. The summed E-state index contributed by atoms with van der Waals surface area (Å²) in [6, 6.07) is 3.82. The normalized spacial score (nSPS) is 10.9. The van der Waals surface area contributed by atoms with Crippen LogP contribution in [-0.4, -0.2) is 15.5 Å². The van der Waals surface area contributed by atoms with Gasteiger partial charge >= 0.3 is 0 Å². The Kier molecular flexibility index (Phi) is 2.92. The van der Waals surface area contributed by atoms with Gasteiger partial charge < -0.3 is 9.90 Å². The van der Waals surface area contributed by atoms with Gasteiger partial charge in [-0.1, -0.05) is 6.07 Å². The number of nitrogens with zero attached hydrogens (tertiary/aromatic N) is 2. The molecule has 96 valence electrons. The fourth-order valence-corrected chi connectivity index (χ4v) is 3.55. The van der Waals surface area contributed by atoms with Gasteiger partial charge in [-0.25, -0.2) is 4.98 Å². The van der Waals surface area contributed by atoms with Gasteiger partial charge in [-0.15, -0.1) is 22.7 Å². The molecule has 3 aromatic heterocycles. The Bertz CT molecular complexity index is 802. The van der Waals surface area contributed by atoms with Crippen LogP contribution in [0, 0.1) is 0 Å². The number of hydrogen-bond donors (Lipinski definition) is 0. The predicted molar refractivity (Wildman–Crippen MR) is 72.2 cm³/mol. The summed E-state index contributed by atoms with van der Waals surface area (Å²) in [6.45, 7) is -0.485. The van der Waals surface area contributed by atoms with Crippen molar-refractivity contribution in [2.45, 2.75) is 6.54 Å². The minimum absolute atomic E-state index is 0.348. The lowest BCUT2D eigenvalue weighted by Gasteiger charge is -2.05. The summed E-state index contributed by atoms with van der Waals surface area (Å²) in [6.07, 6.45) is 1.25. The maximum Gasteiger partial charge on any atom is 0.263 e. The van der Waals surface area contributed by atoms with Crippen LogP contribution in [-0.2, 0) is 11.3 Å². The van der Waals surface area contributed by atoms with Gasteiger partial charge in [0.25, 0.3) is 5.56 Å². The first-order valence-electron chi connectivity index (χ1n) is 5.37. The van der Waals surface area contributed by atoms with Crippen molar-refractivity contribution in [3.05, 3.63) is 39.6 Å². The first-order valence-corrected chi connectivity index (χ1v) is 7.13. The number of aliphatic carboxylic acids is 1. The van der Waals surface area contributed by atoms with E-state index in [0.717, 1.165) is 15.0 Å². The van der Waals surface area contributed by atoms with E-state index in [1.165, 1.54) is 29.0 Å². The zero-order valence-corrected chi connectivity index (χ0v) is 11.2. The van der Waals surface area contributed by atoms with E-state index in [4.69, 9.17) is 0 Å². The maximum absolute atomic E-state index is 12.3. The number of hydrogen-bond acceptors (Lipinski definition) is 6. The third-order valence-corrected chi connectivity index (χ3v) is 4.44. The van der Waals surface area contributed by atoms with Crippen LogP contribution in [0.2, 0.25) is 0 Å². The van der Waals surface area contributed by atoms with Crippen LogP contribution < -0.4 is 10.7 Å². The van der Waals surface area contributed by atoms with Crippen molar-refractivity contribution >= 4 is 38.9 Å². The number of carboxylic acid groups (broad SMARTS) is 1. The minimum atomic E-state index is -1.31. The zero-order valence-electron chi connectivity index (χ0n) is 9.53. The van der Waals surface area contributed by atoms with Crippen molar-refractivity contribution in [1.29, 1.82) is 0 Å². The molecule has 0 atom stereocenters. The Morgan fingerprint density at radius 3 is 2.95 bits per heavy atom. The van der Waals surface area contributed by atoms with Crippen LogP contribution in [0.1, 0.15) is 0 Å². The summed E-state index contributed by atoms with van der Waals surface area (Å²) < 4.78 is 1.06. The molecule has 7 heteroatoms. The number of carbonyl (C=O) groups is 1. The highest BCUT2D eigenvalue weighted by atomic mass is 32.1. The van der Waals surface area contributed by atoms with Gasteiger partial charge in [0.1, 0.15) is 4.83 Å². The Morgan fingerprint density at radius 1 is 1.42 bits per heavy atom. The number of carbonyl (C=O) groups excluding carboxylic acids is 1. The lowest BCUT2D eigenvalue weighted by molar-refractivity contribution is -0.306. The molecular weight excluding hydrogens is 284 g/mol. The second-order valence-electron chi connectivity index (χ2n) is 3.86. The standard InChI is InChI=1S/C12H8N2O3S2/c15-9(16)4-14-6-13-11-10(12(14)17)7(5-19-11)8-2-1-3-18-8/h1-3,5-6H,4H2,(H,15,16)/p-1. The molecular formula is C12H7N2O3S2-. The monoisotopic (exact) mass is 291 g/mol. The van der Waals surface area contributed by atoms with E-state index < -0.39 is 12.5 Å². The molecule has 0 N–H and O–H groups in total. The number of thiophene rings is 2. The summed E-state index contributed by atoms with van der Waals surface area (Å²) in [5.74, 6) is -1.31. The quantitative estimate of drug-likeness (QED) is 0.719. The highest BCUT2D eigenvalue weighted by Gasteiger charge is 2.13. The molecule has 3 heterocycles. The molecule has 0 saturated heterocycles. The van der Waals surface area contributed by atoms with Crippen LogP contribution in [0.5, 0.6) is 0 Å². The van der Waals surface area contributed by atoms with Gasteiger partial charge in [0, 0.05) is 15.8 Å². The summed E-state index contributed by atoms with van der Waals surface area (Å²) in [4.78, 5) is 28.6. The van der Waals surface area contributed by atoms with E-state index in [0.29, 0.717) is 10.2 Å². The molecule has 3 rings (SSSR count). The van der Waals surface area contributed by atoms with E-state index in [1.807, 2.05) is 22.9 Å². The molecule has 0 aromatic carbocycles. The topological polar surface area (TPSA) is 75.0 Å². The predicted octanol–water partition coefficient (Wildman–Crippen LogP) is 0.936. The summed E-state index contributed by atoms with van der Waals surface area (Å²) in [5.41, 5.74) is 0.457. The van der Waals surface area contributed by atoms with Crippen LogP contribution >= 0.6 is 22.7 Å². The Hall–Kier alpha value is -1.99. The lowest BCUT2D eigenvalue weighted by atomic mass is 10.2. The van der Waals surface area contributed by atoms with Crippen LogP contribution in [0.3, 0.4) is 0 Å². The van der Waals surface area contributed by atoms with E-state index >= 15 is 0 Å². The van der Waals surface area contributed by atoms with Crippen molar-refractivity contribution in [3.63, 3.8) is 0 Å². The average Bonchev–Trinajstić information content (AvgIpc) is 3.00. The van der Waals surface area contributed by atoms with Crippen molar-refractivity contribution in [1.82, 2.24) is 9.55 Å². The number of fused-ring (bicyclic) bond motifs is 1. The average molecular weight is 291 g/mol. The molecule has 0 bridgehead atoms. The third-order valence-electron chi connectivity index (χ3n) is 2.65. The van der Waals surface area contributed by atoms with Crippen LogP contribution in [0.25, 0.3) is 20.7 Å². The molecule has 19 heavy (non-hydrogen) atoms. The van der Waals surface area contributed by atoms with E-state index in [-0.39, 0.29) is 5.56 Å². The van der Waals surface area contributed by atoms with Crippen molar-refractivity contribution in [2.75, 3.05) is 0 Å². The molecule has 3 aromatic rings. The maximum atomic E-state index is 12.3. The van der Waals surface area contributed by atoms with Crippen molar-refractivity contribution < 1.29 is 9.90 Å². The SMILES string of the molecule is O=C([O-])Cn1cnc2scc(-c3cccs3)c2c1=O. The first-order chi connectivity index (χ1) is 9.16. The highest BCUT2D eigenvalue weighted by molar-refractivity contribution is 7.18. The number of carboxylic acids is 1. The molecule has 0 aliphatic heterocycles. The Labute approximate surface area is 115 Å². The molecule has 0 amide bonds. The minimum Gasteiger partial charge on any atom is -0.548 e. The summed E-state index contributed by atoms with van der Waals surface area (Å²) in [7, 11) is 0. The highest BCUT2D eigenvalue weighted by Crippen LogP contribution is 2.33. The van der Waals surface area contributed by atoms with Gasteiger partial charge in [-0.2, -0.15) is 0 Å². The van der Waals surface area contributed by atoms with E-state index in [1.54, 1.807) is 0 Å². The molecule has 0 aliphatic rings. The largest absolute Gasteiger partial charge is 0.548 e. The van der Waals surface area contributed by atoms with E-state index in [2.05, 4.69) is 4.98 Å². The smallest absolute Gasteiger partial charge is 0.263 e. The molecule has 0 spiro atoms. The summed E-state index contributed by atoms with van der Waals surface area (Å²) >= 11 is 2.90. The number of aromatic nitrogens is 2. The van der Waals surface area contributed by atoms with Crippen molar-refractivity contribution in [3.8, 4) is 10.4 Å². The Balaban J connectivity index is 2.26. The fraction of sp³-hybridized carbons (Fsp3) is 0.0833. The Morgan fingerprint density at radius 2 is 2.26 bits per heavy atom. The zero-order chi connectivity index (χ0) is 13.4. The van der Waals surface area contributed by atoms with Crippen LogP contribution in [0.4, 0.5) is 0 Å². The second-order valence-corrected chi connectivity index (χ2v) is 5.66. The van der Waals surface area contributed by atoms with Gasteiger partial charge in [0.05, 0.1) is 24.2 Å². The van der Waals surface area contributed by atoms with Gasteiger partial charge in [0.15, 0.2) is 0 Å². The molecule has 0 unspecified atom stereocenters. The molecule has 5 nitrogen and oxygen atoms in total. The fourth-order valence-electron chi connectivity index (χ4n) is 1.83. The van der Waals surface area contributed by atoms with Crippen molar-refractivity contribution in [2.24, 2.45) is 0 Å². The molecule has 0 fully saturated rings. The van der Waals surface area contributed by atoms with Gasteiger partial charge in [-0.3, -0.25) is 9.36 Å². The molecule has 0 radical (unpaired) electrons. The van der Waals surface area contributed by atoms with E-state index in [9.17, 15) is 14.7 Å². The second kappa shape index (κ2) is 4.60. The van der Waals surface area contributed by atoms with Gasteiger partial charge in [0.2, 0.25) is 0 Å². The first kappa shape index (κ1) is 12.1. The van der Waals surface area contributed by atoms with Crippen LogP contribution in [0.15, 0.2) is 34.0 Å². The molecule has 0 aliphatic carbocycles.